The second-order valence-electron chi connectivity index (χ2n) is 11.9. The van der Waals surface area contributed by atoms with E-state index in [0.29, 0.717) is 36.5 Å². The largest absolute Gasteiger partial charge is 0.493 e. The van der Waals surface area contributed by atoms with Gasteiger partial charge in [0.05, 0.1) is 54.9 Å². The maximum Gasteiger partial charge on any atom is 0.310 e. The minimum Gasteiger partial charge on any atom is -0.493 e. The quantitative estimate of drug-likeness (QED) is 0.239. The Morgan fingerprint density at radius 2 is 1.86 bits per heavy atom. The molecule has 10 heteroatoms. The number of amides is 1. The van der Waals surface area contributed by atoms with Crippen LogP contribution >= 0.6 is 0 Å². The summed E-state index contributed by atoms with van der Waals surface area (Å²) in [5.74, 6) is 0.532. The van der Waals surface area contributed by atoms with Gasteiger partial charge in [0.25, 0.3) is 0 Å². The fourth-order valence-electron chi connectivity index (χ4n) is 5.87. The van der Waals surface area contributed by atoms with Crippen molar-refractivity contribution < 1.29 is 23.9 Å². The van der Waals surface area contributed by atoms with Gasteiger partial charge in [-0.25, -0.2) is 0 Å². The summed E-state index contributed by atoms with van der Waals surface area (Å²) >= 11 is 0. The second kappa shape index (κ2) is 12.1. The number of rotatable bonds is 8. The molecule has 1 atom stereocenters. The lowest BCUT2D eigenvalue weighted by molar-refractivity contribution is -0.385. The Morgan fingerprint density at radius 1 is 1.09 bits per heavy atom. The Kier molecular flexibility index (Phi) is 8.09. The van der Waals surface area contributed by atoms with Crippen LogP contribution in [0.4, 0.5) is 22.7 Å². The normalized spacial score (nSPS) is 18.2. The summed E-state index contributed by atoms with van der Waals surface area (Å²) in [6.45, 7) is 7.97. The number of carbonyl (C=O) groups is 1. The van der Waals surface area contributed by atoms with Crippen LogP contribution in [-0.4, -0.2) is 56.6 Å². The highest BCUT2D eigenvalue weighted by Crippen LogP contribution is 2.39. The van der Waals surface area contributed by atoms with Gasteiger partial charge in [-0.05, 0) is 84.1 Å². The zero-order valence-electron chi connectivity index (χ0n) is 25.2. The van der Waals surface area contributed by atoms with Gasteiger partial charge in [0.2, 0.25) is 5.91 Å². The van der Waals surface area contributed by atoms with E-state index in [-0.39, 0.29) is 28.7 Å². The lowest BCUT2D eigenvalue weighted by Crippen LogP contribution is -2.36. The van der Waals surface area contributed by atoms with Crippen molar-refractivity contribution in [3.63, 3.8) is 0 Å². The van der Waals surface area contributed by atoms with Gasteiger partial charge in [0.1, 0.15) is 5.75 Å². The minimum atomic E-state index is -0.462. The fraction of sp³-hybridized carbons (Fsp3) is 0.353. The number of morpholine rings is 1. The molecule has 3 aromatic rings. The van der Waals surface area contributed by atoms with Crippen molar-refractivity contribution in [3.8, 4) is 11.5 Å². The maximum absolute atomic E-state index is 13.3. The third-order valence-corrected chi connectivity index (χ3v) is 8.54. The van der Waals surface area contributed by atoms with E-state index in [0.717, 1.165) is 54.4 Å². The van der Waals surface area contributed by atoms with Crippen molar-refractivity contribution >= 4 is 39.9 Å². The molecule has 1 aliphatic carbocycles. The van der Waals surface area contributed by atoms with Gasteiger partial charge in [-0.1, -0.05) is 19.9 Å². The first-order valence-corrected chi connectivity index (χ1v) is 14.8. The number of ether oxygens (including phenoxy) is 3. The molecule has 0 bridgehead atoms. The van der Waals surface area contributed by atoms with Crippen LogP contribution in [0.15, 0.2) is 71.7 Å². The topological polar surface area (TPSA) is 116 Å². The molecule has 1 fully saturated rings. The number of allylic oxidation sites excluding steroid dienone is 2. The van der Waals surface area contributed by atoms with Crippen LogP contribution in [0.5, 0.6) is 11.5 Å². The molecule has 0 radical (unpaired) electrons. The predicted octanol–water partition coefficient (Wildman–Crippen LogP) is 6.31. The number of nitro groups is 1. The Hall–Kier alpha value is -4.70. The number of hydrogen-bond acceptors (Lipinski definition) is 8. The van der Waals surface area contributed by atoms with E-state index in [2.05, 4.69) is 36.2 Å². The third kappa shape index (κ3) is 6.03. The van der Waals surface area contributed by atoms with Crippen molar-refractivity contribution in [2.75, 3.05) is 50.2 Å². The summed E-state index contributed by atoms with van der Waals surface area (Å²) in [4.78, 5) is 31.4. The lowest BCUT2D eigenvalue weighted by atomic mass is 9.84. The molecule has 10 nitrogen and oxygen atoms in total. The average molecular weight is 597 g/mol. The molecular weight excluding hydrogens is 560 g/mol. The standard InChI is InChI=1S/C34H36N4O6/c1-34(2,21-44-26-9-7-25(8-10-26)37-14-16-43-17-15-37)24-6-12-28-30(20-24)36-33(39)27-11-4-22(18-29(27)35-28)23-5-13-31(38(40)41)32(19-23)42-3/h5-10,12-13,18-20,27H,4,11,14-17,21H2,1-3H3,(H,36,39). The van der Waals surface area contributed by atoms with E-state index in [9.17, 15) is 14.9 Å². The summed E-state index contributed by atoms with van der Waals surface area (Å²) in [6, 6.07) is 19.0. The van der Waals surface area contributed by atoms with Crippen molar-refractivity contribution in [1.82, 2.24) is 0 Å². The Morgan fingerprint density at radius 3 is 2.59 bits per heavy atom. The summed E-state index contributed by atoms with van der Waals surface area (Å²) < 4.78 is 16.9. The first-order chi connectivity index (χ1) is 21.2. The van der Waals surface area contributed by atoms with Gasteiger partial charge in [-0.3, -0.25) is 19.9 Å². The molecule has 2 aliphatic heterocycles. The van der Waals surface area contributed by atoms with Crippen LogP contribution in [-0.2, 0) is 14.9 Å². The van der Waals surface area contributed by atoms with Crippen molar-refractivity contribution in [3.05, 3.63) is 88.0 Å². The van der Waals surface area contributed by atoms with E-state index in [1.54, 1.807) is 12.1 Å². The minimum absolute atomic E-state index is 0.0866. The molecule has 3 aromatic carbocycles. The molecule has 0 aromatic heterocycles. The molecule has 6 rings (SSSR count). The maximum atomic E-state index is 13.3. The van der Waals surface area contributed by atoms with Crippen LogP contribution < -0.4 is 19.7 Å². The fourth-order valence-corrected chi connectivity index (χ4v) is 5.87. The van der Waals surface area contributed by atoms with Gasteiger partial charge in [0, 0.05) is 30.3 Å². The van der Waals surface area contributed by atoms with E-state index < -0.39 is 4.92 Å². The van der Waals surface area contributed by atoms with E-state index in [1.807, 2.05) is 36.4 Å². The Balaban J connectivity index is 1.20. The molecule has 1 saturated heterocycles. The molecule has 1 unspecified atom stereocenters. The number of fused-ring (bicyclic) bond motifs is 2. The van der Waals surface area contributed by atoms with E-state index >= 15 is 0 Å². The number of nitrogens with one attached hydrogen (secondary N) is 1. The smallest absolute Gasteiger partial charge is 0.310 e. The van der Waals surface area contributed by atoms with Crippen molar-refractivity contribution in [2.24, 2.45) is 10.9 Å². The number of benzene rings is 3. The van der Waals surface area contributed by atoms with Crippen LogP contribution in [0.3, 0.4) is 0 Å². The molecular formula is C34H36N4O6. The van der Waals surface area contributed by atoms with Crippen molar-refractivity contribution in [2.45, 2.75) is 32.1 Å². The molecule has 1 N–H and O–H groups in total. The molecule has 0 spiro atoms. The van der Waals surface area contributed by atoms with Crippen LogP contribution in [0.1, 0.15) is 37.8 Å². The molecule has 1 amide bonds. The van der Waals surface area contributed by atoms with E-state index in [1.165, 1.54) is 13.2 Å². The van der Waals surface area contributed by atoms with Gasteiger partial charge < -0.3 is 24.4 Å². The first-order valence-electron chi connectivity index (χ1n) is 14.8. The van der Waals surface area contributed by atoms with Crippen LogP contribution in [0.2, 0.25) is 0 Å². The molecule has 0 saturated carbocycles. The number of carbonyl (C=O) groups excluding carboxylic acids is 1. The second-order valence-corrected chi connectivity index (χ2v) is 11.9. The van der Waals surface area contributed by atoms with Gasteiger partial charge in [-0.15, -0.1) is 0 Å². The summed E-state index contributed by atoms with van der Waals surface area (Å²) in [5.41, 5.74) is 5.57. The predicted molar refractivity (Wildman–Crippen MR) is 171 cm³/mol. The number of hydrogen-bond donors (Lipinski definition) is 1. The molecule has 3 aliphatic rings. The molecule has 2 heterocycles. The number of nitro benzene ring substituents is 1. The SMILES string of the molecule is COc1cc(C2=CC3=Nc4ccc(C(C)(C)COc5ccc(N6CCOCC6)cc5)cc4NC(=O)C3CC2)ccc1[N+](=O)[O-]. The zero-order valence-corrected chi connectivity index (χ0v) is 25.2. The van der Waals surface area contributed by atoms with Gasteiger partial charge >= 0.3 is 5.69 Å². The van der Waals surface area contributed by atoms with Gasteiger partial charge in [0.15, 0.2) is 5.75 Å². The molecule has 44 heavy (non-hydrogen) atoms. The zero-order chi connectivity index (χ0) is 30.8. The summed E-state index contributed by atoms with van der Waals surface area (Å²) in [5, 5.41) is 14.4. The monoisotopic (exact) mass is 596 g/mol. The third-order valence-electron chi connectivity index (χ3n) is 8.54. The Bertz CT molecular complexity index is 1640. The number of nitrogens with zero attached hydrogens (tertiary/aromatic N) is 3. The van der Waals surface area contributed by atoms with Crippen LogP contribution in [0, 0.1) is 16.0 Å². The lowest BCUT2D eigenvalue weighted by Gasteiger charge is -2.29. The van der Waals surface area contributed by atoms with Crippen LogP contribution in [0.25, 0.3) is 5.57 Å². The highest BCUT2D eigenvalue weighted by Gasteiger charge is 2.32. The van der Waals surface area contributed by atoms with Gasteiger partial charge in [-0.2, -0.15) is 0 Å². The first kappa shape index (κ1) is 29.4. The highest BCUT2D eigenvalue weighted by molar-refractivity contribution is 6.19. The van der Waals surface area contributed by atoms with E-state index in [4.69, 9.17) is 19.2 Å². The number of methoxy groups -OCH3 is 1. The summed E-state index contributed by atoms with van der Waals surface area (Å²) in [6.07, 6.45) is 3.15. The average Bonchev–Trinajstić information content (AvgIpc) is 3.18. The number of anilines is 2. The highest BCUT2D eigenvalue weighted by atomic mass is 16.6. The summed E-state index contributed by atoms with van der Waals surface area (Å²) in [7, 11) is 1.42. The Labute approximate surface area is 256 Å². The molecule has 228 valence electrons. The van der Waals surface area contributed by atoms with Crippen molar-refractivity contribution in [1.29, 1.82) is 0 Å². The number of aliphatic imine (C=N–C) groups is 1.